The monoisotopic (exact) mass is 431 g/mol. The van der Waals surface area contributed by atoms with Crippen LogP contribution in [0.3, 0.4) is 0 Å². The van der Waals surface area contributed by atoms with Gasteiger partial charge < -0.3 is 15.4 Å². The maximum atomic E-state index is 12.3. The molecule has 3 aromatic carbocycles. The number of amides is 2. The number of anilines is 1. The maximum Gasteiger partial charge on any atom is 0.320 e. The minimum atomic E-state index is -0.190. The molecule has 0 aromatic heterocycles. The molecule has 3 aromatic rings. The molecule has 1 unspecified atom stereocenters. The summed E-state index contributed by atoms with van der Waals surface area (Å²) in [5, 5.41) is 9.41. The topological polar surface area (TPSA) is 62.4 Å². The summed E-state index contributed by atoms with van der Waals surface area (Å²) in [6.07, 6.45) is 3.85. The minimum Gasteiger partial charge on any atom is -0.489 e. The Kier molecular flexibility index (Phi) is 9.62. The lowest BCUT2D eigenvalue weighted by molar-refractivity contribution is 0.244. The fourth-order valence-electron chi connectivity index (χ4n) is 3.36. The minimum absolute atomic E-state index is 0.0628. The number of carbonyl (C=O) groups excluding carboxylic acids is 1. The molecule has 2 amide bonds. The first-order valence-electron chi connectivity index (χ1n) is 11.3. The normalized spacial score (nSPS) is 11.5. The number of unbranched alkanes of at least 4 members (excludes halogenated alkanes) is 1. The summed E-state index contributed by atoms with van der Waals surface area (Å²) < 4.78 is 5.86. The number of rotatable bonds is 12. The Morgan fingerprint density at radius 2 is 1.56 bits per heavy atom. The predicted octanol–water partition coefficient (Wildman–Crippen LogP) is 5.74. The van der Waals surface area contributed by atoms with E-state index in [0.717, 1.165) is 49.2 Å². The first kappa shape index (κ1) is 23.4. The number of nitrogens with one attached hydrogen (secondary N) is 3. The standard InChI is InChI=1S/C27H33N3O2/c1-2-3-14-26(30-27(31)29-24-12-8-5-9-13-24)28-20-19-22-15-17-25(18-16-22)32-21-23-10-6-4-7-11-23/h4-13,15-18,26,28H,2-3,14,19-21H2,1H3,(H2,29,30,31). The Hall–Kier alpha value is -3.31. The SMILES string of the molecule is CCCCC(NCCc1ccc(OCc2ccccc2)cc1)NC(=O)Nc1ccccc1. The highest BCUT2D eigenvalue weighted by molar-refractivity contribution is 5.89. The first-order valence-corrected chi connectivity index (χ1v) is 11.3. The first-order chi connectivity index (χ1) is 15.7. The number of para-hydroxylation sites is 1. The fourth-order valence-corrected chi connectivity index (χ4v) is 3.36. The lowest BCUT2D eigenvalue weighted by Crippen LogP contribution is -2.47. The van der Waals surface area contributed by atoms with Gasteiger partial charge in [-0.05, 0) is 48.2 Å². The molecule has 0 aliphatic carbocycles. The van der Waals surface area contributed by atoms with E-state index in [1.807, 2.05) is 60.7 Å². The molecule has 32 heavy (non-hydrogen) atoms. The molecule has 0 saturated heterocycles. The van der Waals surface area contributed by atoms with Gasteiger partial charge in [0.05, 0.1) is 6.17 Å². The molecule has 5 nitrogen and oxygen atoms in total. The Bertz CT molecular complexity index is 915. The maximum absolute atomic E-state index is 12.3. The van der Waals surface area contributed by atoms with Crippen LogP contribution in [0, 0.1) is 0 Å². The van der Waals surface area contributed by atoms with Gasteiger partial charge in [-0.1, -0.05) is 80.4 Å². The van der Waals surface area contributed by atoms with Gasteiger partial charge in [0.1, 0.15) is 12.4 Å². The van der Waals surface area contributed by atoms with Gasteiger partial charge in [0.2, 0.25) is 0 Å². The van der Waals surface area contributed by atoms with Crippen LogP contribution < -0.4 is 20.7 Å². The van der Waals surface area contributed by atoms with Crippen LogP contribution in [0.25, 0.3) is 0 Å². The zero-order valence-corrected chi connectivity index (χ0v) is 18.7. The van der Waals surface area contributed by atoms with Crippen LogP contribution in [-0.4, -0.2) is 18.7 Å². The molecule has 168 valence electrons. The number of benzene rings is 3. The van der Waals surface area contributed by atoms with Gasteiger partial charge in [0, 0.05) is 12.2 Å². The van der Waals surface area contributed by atoms with E-state index in [1.54, 1.807) is 0 Å². The molecule has 0 radical (unpaired) electrons. The highest BCUT2D eigenvalue weighted by atomic mass is 16.5. The van der Waals surface area contributed by atoms with Gasteiger partial charge in [-0.15, -0.1) is 0 Å². The van der Waals surface area contributed by atoms with Crippen molar-refractivity contribution in [3.05, 3.63) is 96.1 Å². The van der Waals surface area contributed by atoms with E-state index in [4.69, 9.17) is 4.74 Å². The van der Waals surface area contributed by atoms with E-state index in [2.05, 4.69) is 47.1 Å². The largest absolute Gasteiger partial charge is 0.489 e. The Morgan fingerprint density at radius 3 is 2.25 bits per heavy atom. The van der Waals surface area contributed by atoms with Gasteiger partial charge in [0.25, 0.3) is 0 Å². The molecular weight excluding hydrogens is 398 g/mol. The van der Waals surface area contributed by atoms with E-state index in [0.29, 0.717) is 6.61 Å². The van der Waals surface area contributed by atoms with Crippen LogP contribution >= 0.6 is 0 Å². The molecular formula is C27H33N3O2. The molecule has 0 saturated carbocycles. The summed E-state index contributed by atoms with van der Waals surface area (Å²) in [4.78, 5) is 12.3. The van der Waals surface area contributed by atoms with E-state index in [1.165, 1.54) is 5.56 Å². The molecule has 0 bridgehead atoms. The summed E-state index contributed by atoms with van der Waals surface area (Å²) in [7, 11) is 0. The quantitative estimate of drug-likeness (QED) is 0.321. The molecule has 3 N–H and O–H groups in total. The number of hydrogen-bond acceptors (Lipinski definition) is 3. The Morgan fingerprint density at radius 1 is 0.875 bits per heavy atom. The van der Waals surface area contributed by atoms with Crippen molar-refractivity contribution in [3.63, 3.8) is 0 Å². The van der Waals surface area contributed by atoms with Crippen LogP contribution in [0.4, 0.5) is 10.5 Å². The van der Waals surface area contributed by atoms with Crippen LogP contribution in [-0.2, 0) is 13.0 Å². The average Bonchev–Trinajstić information content (AvgIpc) is 2.83. The van der Waals surface area contributed by atoms with Gasteiger partial charge in [-0.25, -0.2) is 4.79 Å². The van der Waals surface area contributed by atoms with E-state index in [9.17, 15) is 4.79 Å². The van der Waals surface area contributed by atoms with Crippen molar-refractivity contribution >= 4 is 11.7 Å². The van der Waals surface area contributed by atoms with Crippen molar-refractivity contribution < 1.29 is 9.53 Å². The third kappa shape index (κ3) is 8.44. The Balaban J connectivity index is 1.42. The van der Waals surface area contributed by atoms with Gasteiger partial charge in [-0.3, -0.25) is 5.32 Å². The lowest BCUT2D eigenvalue weighted by atomic mass is 10.1. The third-order valence-corrected chi connectivity index (χ3v) is 5.16. The molecule has 0 heterocycles. The fraction of sp³-hybridized carbons (Fsp3) is 0.296. The van der Waals surface area contributed by atoms with Crippen molar-refractivity contribution in [1.29, 1.82) is 0 Å². The molecule has 0 spiro atoms. The summed E-state index contributed by atoms with van der Waals surface area (Å²) in [5.74, 6) is 0.866. The lowest BCUT2D eigenvalue weighted by Gasteiger charge is -2.20. The van der Waals surface area contributed by atoms with E-state index in [-0.39, 0.29) is 12.2 Å². The molecule has 1 atom stereocenters. The number of carbonyl (C=O) groups is 1. The van der Waals surface area contributed by atoms with Crippen LogP contribution in [0.15, 0.2) is 84.9 Å². The zero-order valence-electron chi connectivity index (χ0n) is 18.7. The summed E-state index contributed by atoms with van der Waals surface area (Å²) >= 11 is 0. The number of hydrogen-bond donors (Lipinski definition) is 3. The zero-order chi connectivity index (χ0) is 22.4. The van der Waals surface area contributed by atoms with Gasteiger partial charge >= 0.3 is 6.03 Å². The Labute approximate surface area is 191 Å². The van der Waals surface area contributed by atoms with Gasteiger partial charge in [0.15, 0.2) is 0 Å². The highest BCUT2D eigenvalue weighted by Gasteiger charge is 2.11. The van der Waals surface area contributed by atoms with E-state index >= 15 is 0 Å². The van der Waals surface area contributed by atoms with Crippen LogP contribution in [0.5, 0.6) is 5.75 Å². The number of ether oxygens (including phenoxy) is 1. The molecule has 0 fully saturated rings. The molecule has 3 rings (SSSR count). The molecule has 0 aliphatic heterocycles. The molecule has 5 heteroatoms. The van der Waals surface area contributed by atoms with E-state index < -0.39 is 0 Å². The number of urea groups is 1. The molecule has 0 aliphatic rings. The second kappa shape index (κ2) is 13.2. The average molecular weight is 432 g/mol. The van der Waals surface area contributed by atoms with Crippen molar-refractivity contribution in [1.82, 2.24) is 10.6 Å². The summed E-state index contributed by atoms with van der Waals surface area (Å²) in [6.45, 7) is 3.50. The summed E-state index contributed by atoms with van der Waals surface area (Å²) in [5.41, 5.74) is 3.17. The van der Waals surface area contributed by atoms with Crippen LogP contribution in [0.1, 0.15) is 37.3 Å². The second-order valence-corrected chi connectivity index (χ2v) is 7.78. The summed E-state index contributed by atoms with van der Waals surface area (Å²) in [6, 6.07) is 27.7. The second-order valence-electron chi connectivity index (χ2n) is 7.78. The van der Waals surface area contributed by atoms with Crippen LogP contribution in [0.2, 0.25) is 0 Å². The van der Waals surface area contributed by atoms with Crippen molar-refractivity contribution in [2.45, 2.75) is 45.4 Å². The van der Waals surface area contributed by atoms with Crippen molar-refractivity contribution in [3.8, 4) is 5.75 Å². The predicted molar refractivity (Wildman–Crippen MR) is 131 cm³/mol. The van der Waals surface area contributed by atoms with Crippen molar-refractivity contribution in [2.24, 2.45) is 0 Å². The smallest absolute Gasteiger partial charge is 0.320 e. The third-order valence-electron chi connectivity index (χ3n) is 5.16. The highest BCUT2D eigenvalue weighted by Crippen LogP contribution is 2.14. The van der Waals surface area contributed by atoms with Gasteiger partial charge in [-0.2, -0.15) is 0 Å². The van der Waals surface area contributed by atoms with Crippen molar-refractivity contribution in [2.75, 3.05) is 11.9 Å².